The molecule has 1 saturated heterocycles. The molecule has 0 radical (unpaired) electrons. The van der Waals surface area contributed by atoms with E-state index in [1.165, 1.54) is 18.4 Å². The normalized spacial score (nSPS) is 24.5. The van der Waals surface area contributed by atoms with E-state index in [2.05, 4.69) is 30.9 Å². The van der Waals surface area contributed by atoms with Crippen molar-refractivity contribution in [2.24, 2.45) is 16.3 Å². The molecule has 204 valence electrons. The summed E-state index contributed by atoms with van der Waals surface area (Å²) in [7, 11) is 1.54. The van der Waals surface area contributed by atoms with Gasteiger partial charge in [0.1, 0.15) is 5.69 Å². The second kappa shape index (κ2) is 10.6. The Balaban J connectivity index is 1.73. The van der Waals surface area contributed by atoms with Crippen molar-refractivity contribution in [2.75, 3.05) is 31.6 Å². The van der Waals surface area contributed by atoms with Crippen molar-refractivity contribution >= 4 is 45.5 Å². The van der Waals surface area contributed by atoms with Gasteiger partial charge in [0.05, 0.1) is 34.2 Å². The van der Waals surface area contributed by atoms with Crippen molar-refractivity contribution in [1.29, 1.82) is 0 Å². The van der Waals surface area contributed by atoms with Crippen molar-refractivity contribution < 1.29 is 19.4 Å². The molecular formula is C26H30N8O4S. The van der Waals surface area contributed by atoms with Crippen LogP contribution in [0.4, 0.5) is 10.5 Å². The van der Waals surface area contributed by atoms with Gasteiger partial charge in [-0.15, -0.1) is 11.3 Å². The number of thiazole rings is 1. The fourth-order valence-corrected chi connectivity index (χ4v) is 6.10. The van der Waals surface area contributed by atoms with Crippen LogP contribution >= 0.6 is 11.3 Å². The van der Waals surface area contributed by atoms with Gasteiger partial charge >= 0.3 is 12.0 Å². The summed E-state index contributed by atoms with van der Waals surface area (Å²) in [5.74, 6) is -2.71. The number of hydrogen-bond acceptors (Lipinski definition) is 10. The third kappa shape index (κ3) is 4.57. The van der Waals surface area contributed by atoms with Crippen molar-refractivity contribution in [3.8, 4) is 17.1 Å². The number of allylic oxidation sites excluding steroid dienone is 1. The number of aliphatic carboxylic acids is 1. The van der Waals surface area contributed by atoms with E-state index in [9.17, 15) is 14.7 Å². The maximum Gasteiger partial charge on any atom is 0.318 e. The van der Waals surface area contributed by atoms with Gasteiger partial charge in [-0.2, -0.15) is 0 Å². The van der Waals surface area contributed by atoms with E-state index in [4.69, 9.17) is 9.73 Å². The lowest BCUT2D eigenvalue weighted by molar-refractivity contribution is -0.155. The predicted octanol–water partition coefficient (Wildman–Crippen LogP) is 2.84. The maximum atomic E-state index is 13.1. The van der Waals surface area contributed by atoms with Crippen LogP contribution in [0.1, 0.15) is 20.3 Å². The van der Waals surface area contributed by atoms with Gasteiger partial charge < -0.3 is 25.4 Å². The number of rotatable bonds is 7. The number of urea groups is 1. The Kier molecular flexibility index (Phi) is 7.19. The number of aliphatic imine (C=N–C) groups is 1. The number of anilines is 1. The lowest BCUT2D eigenvalue weighted by atomic mass is 9.68. The van der Waals surface area contributed by atoms with Crippen LogP contribution in [0.2, 0.25) is 0 Å². The standard InChI is InChI=1S/C26H30N8O4S/c1-4-28-24(37)33-26(19-14-27-8-6-25(19,2)23(35)36)32-7-5-11-34(26)16-12-17(21-18(13-16)31-15-39-21)20-22(38-3)30-10-9-29-20/h5,7,9-13,15,19,27H,4,6,8,14H2,1-3H3,(H,35,36)(H2,28,33,37). The van der Waals surface area contributed by atoms with E-state index in [1.807, 2.05) is 24.0 Å². The SMILES string of the molecule is CCNC(=O)NC1(C2CNCCC2(C)C(=O)O)N=CC=CN1c1cc(-c2nccnc2OC)c2scnc2c1. The van der Waals surface area contributed by atoms with Crippen LogP contribution in [-0.4, -0.2) is 70.8 Å². The van der Waals surface area contributed by atoms with Gasteiger partial charge in [0.15, 0.2) is 0 Å². The fraction of sp³-hybridized carbons (Fsp3) is 0.385. The molecule has 3 unspecified atom stereocenters. The van der Waals surface area contributed by atoms with E-state index in [-0.39, 0.29) is 0 Å². The van der Waals surface area contributed by atoms with E-state index >= 15 is 0 Å². The number of carbonyl (C=O) groups is 2. The number of hydrogen-bond donors (Lipinski definition) is 4. The minimum atomic E-state index is -1.47. The maximum absolute atomic E-state index is 13.1. The fourth-order valence-electron chi connectivity index (χ4n) is 5.31. The molecule has 2 amide bonds. The Morgan fingerprint density at radius 1 is 1.28 bits per heavy atom. The number of carbonyl (C=O) groups excluding carboxylic acids is 1. The number of aromatic nitrogens is 3. The molecule has 4 N–H and O–H groups in total. The summed E-state index contributed by atoms with van der Waals surface area (Å²) in [6, 6.07) is 3.35. The first kappa shape index (κ1) is 26.5. The topological polar surface area (TPSA) is 154 Å². The Morgan fingerprint density at radius 3 is 2.87 bits per heavy atom. The van der Waals surface area contributed by atoms with Crippen molar-refractivity contribution in [3.05, 3.63) is 42.3 Å². The molecule has 5 rings (SSSR count). The summed E-state index contributed by atoms with van der Waals surface area (Å²) in [5, 5.41) is 19.5. The highest BCUT2D eigenvalue weighted by Crippen LogP contribution is 2.46. The molecule has 2 aliphatic heterocycles. The zero-order valence-corrected chi connectivity index (χ0v) is 22.7. The van der Waals surface area contributed by atoms with Gasteiger partial charge in [-0.1, -0.05) is 0 Å². The third-order valence-corrected chi connectivity index (χ3v) is 8.19. The zero-order chi connectivity index (χ0) is 27.6. The van der Waals surface area contributed by atoms with Gasteiger partial charge in [0.2, 0.25) is 11.7 Å². The first-order valence-electron chi connectivity index (χ1n) is 12.6. The lowest BCUT2D eigenvalue weighted by Crippen LogP contribution is -2.71. The molecule has 39 heavy (non-hydrogen) atoms. The van der Waals surface area contributed by atoms with E-state index < -0.39 is 29.1 Å². The highest BCUT2D eigenvalue weighted by Gasteiger charge is 2.57. The highest BCUT2D eigenvalue weighted by atomic mass is 32.1. The van der Waals surface area contributed by atoms with Crippen molar-refractivity contribution in [1.82, 2.24) is 30.9 Å². The van der Waals surface area contributed by atoms with Gasteiger partial charge in [0, 0.05) is 49.1 Å². The molecule has 2 aromatic heterocycles. The number of nitrogens with zero attached hydrogens (tertiary/aromatic N) is 5. The molecule has 13 heteroatoms. The summed E-state index contributed by atoms with van der Waals surface area (Å²) in [4.78, 5) is 45.8. The van der Waals surface area contributed by atoms with Gasteiger partial charge in [-0.05, 0) is 45.0 Å². The highest BCUT2D eigenvalue weighted by molar-refractivity contribution is 7.17. The van der Waals surface area contributed by atoms with Crippen LogP contribution < -0.4 is 25.6 Å². The van der Waals surface area contributed by atoms with Crippen molar-refractivity contribution in [2.45, 2.75) is 26.1 Å². The molecule has 0 aliphatic carbocycles. The molecule has 0 saturated carbocycles. The summed E-state index contributed by atoms with van der Waals surface area (Å²) >= 11 is 1.46. The molecule has 12 nitrogen and oxygen atoms in total. The average molecular weight is 551 g/mol. The largest absolute Gasteiger partial charge is 0.481 e. The Bertz CT molecular complexity index is 1460. The molecule has 0 bridgehead atoms. The first-order chi connectivity index (χ1) is 18.8. The number of fused-ring (bicyclic) bond motifs is 1. The van der Waals surface area contributed by atoms with Crippen LogP contribution in [0.3, 0.4) is 0 Å². The smallest absolute Gasteiger partial charge is 0.318 e. The Hall–Kier alpha value is -4.10. The molecule has 3 aromatic rings. The average Bonchev–Trinajstić information content (AvgIpc) is 3.42. The van der Waals surface area contributed by atoms with Gasteiger partial charge in [-0.25, -0.2) is 24.7 Å². The van der Waals surface area contributed by atoms with Crippen LogP contribution in [0.15, 0.2) is 47.3 Å². The van der Waals surface area contributed by atoms with E-state index in [0.29, 0.717) is 48.8 Å². The number of benzene rings is 1. The molecular weight excluding hydrogens is 520 g/mol. The quantitative estimate of drug-likeness (QED) is 0.348. The van der Waals surface area contributed by atoms with Crippen LogP contribution in [0.5, 0.6) is 5.88 Å². The molecule has 0 spiro atoms. The van der Waals surface area contributed by atoms with Crippen LogP contribution in [0, 0.1) is 11.3 Å². The van der Waals surface area contributed by atoms with Crippen molar-refractivity contribution in [3.63, 3.8) is 0 Å². The Morgan fingerprint density at radius 2 is 2.10 bits per heavy atom. The summed E-state index contributed by atoms with van der Waals surface area (Å²) in [6.45, 7) is 4.78. The summed E-state index contributed by atoms with van der Waals surface area (Å²) < 4.78 is 6.39. The van der Waals surface area contributed by atoms with Gasteiger partial charge in [-0.3, -0.25) is 10.1 Å². The summed E-state index contributed by atoms with van der Waals surface area (Å²) in [5.41, 5.74) is 3.19. The monoisotopic (exact) mass is 550 g/mol. The van der Waals surface area contributed by atoms with Crippen LogP contribution in [0.25, 0.3) is 21.5 Å². The third-order valence-electron chi connectivity index (χ3n) is 7.32. The molecule has 1 aromatic carbocycles. The number of amides is 2. The number of piperidine rings is 1. The number of methoxy groups -OCH3 is 1. The number of carboxylic acids is 1. The second-order valence-electron chi connectivity index (χ2n) is 9.54. The van der Waals surface area contributed by atoms with Gasteiger partial charge in [0.25, 0.3) is 0 Å². The van der Waals surface area contributed by atoms with E-state index in [0.717, 1.165) is 10.3 Å². The predicted molar refractivity (Wildman–Crippen MR) is 149 cm³/mol. The minimum absolute atomic E-state index is 0.320. The number of ether oxygens (including phenoxy) is 1. The molecule has 3 atom stereocenters. The first-order valence-corrected chi connectivity index (χ1v) is 13.5. The molecule has 2 aliphatic rings. The Labute approximate surface area is 229 Å². The van der Waals surface area contributed by atoms with Crippen LogP contribution in [-0.2, 0) is 4.79 Å². The lowest BCUT2D eigenvalue weighted by Gasteiger charge is -2.52. The summed E-state index contributed by atoms with van der Waals surface area (Å²) in [6.07, 6.45) is 8.65. The number of nitrogens with one attached hydrogen (secondary N) is 3. The minimum Gasteiger partial charge on any atom is -0.481 e. The number of carboxylic acid groups (broad SMARTS) is 1. The second-order valence-corrected chi connectivity index (χ2v) is 10.4. The van der Waals surface area contributed by atoms with E-state index in [1.54, 1.807) is 43.3 Å². The molecule has 1 fully saturated rings. The zero-order valence-electron chi connectivity index (χ0n) is 21.8. The molecule has 4 heterocycles.